The van der Waals surface area contributed by atoms with Crippen molar-refractivity contribution in [3.05, 3.63) is 30.8 Å². The molecule has 1 radical (unpaired) electrons. The van der Waals surface area contributed by atoms with E-state index < -0.39 is 21.6 Å². The van der Waals surface area contributed by atoms with E-state index in [9.17, 15) is 0 Å². The van der Waals surface area contributed by atoms with Gasteiger partial charge in [0.2, 0.25) is 0 Å². The predicted molar refractivity (Wildman–Crippen MR) is 63.8 cm³/mol. The maximum absolute atomic E-state index is 2.32. The van der Waals surface area contributed by atoms with Crippen LogP contribution >= 0.6 is 0 Å². The summed E-state index contributed by atoms with van der Waals surface area (Å²) in [5, 5.41) is 0. The van der Waals surface area contributed by atoms with Crippen LogP contribution in [0.25, 0.3) is 0 Å². The van der Waals surface area contributed by atoms with Crippen molar-refractivity contribution in [2.24, 2.45) is 0 Å². The SMILES string of the molecule is C[C](=[Sb])C(C)=[C](C)[SbH][C]1=CC=CC1. The monoisotopic (exact) mass is 389 g/mol. The summed E-state index contributed by atoms with van der Waals surface area (Å²) in [6, 6.07) is 0. The Bertz CT molecular complexity index is 306. The van der Waals surface area contributed by atoms with Crippen LogP contribution in [-0.2, 0) is 0 Å². The molecular formula is C11H15Sb2. The molecule has 0 saturated carbocycles. The fourth-order valence-electron chi connectivity index (χ4n) is 1.15. The van der Waals surface area contributed by atoms with Gasteiger partial charge in [0, 0.05) is 0 Å². The van der Waals surface area contributed by atoms with Gasteiger partial charge in [-0.2, -0.15) is 0 Å². The molecule has 0 nitrogen and oxygen atoms in total. The van der Waals surface area contributed by atoms with E-state index in [0.29, 0.717) is 0 Å². The van der Waals surface area contributed by atoms with E-state index in [2.05, 4.69) is 39.0 Å². The summed E-state index contributed by atoms with van der Waals surface area (Å²) in [6.07, 6.45) is 8.01. The fourth-order valence-corrected chi connectivity index (χ4v) is 6.10. The predicted octanol–water partition coefficient (Wildman–Crippen LogP) is 1.92. The molecule has 1 aliphatic carbocycles. The Labute approximate surface area is 105 Å². The number of hydrogen-bond acceptors (Lipinski definition) is 0. The quantitative estimate of drug-likeness (QED) is 0.646. The molecule has 0 amide bonds. The minimum atomic E-state index is -0.396. The van der Waals surface area contributed by atoms with Crippen LogP contribution in [-0.4, -0.2) is 47.6 Å². The molecule has 0 atom stereocenters. The average Bonchev–Trinajstić information content (AvgIpc) is 2.55. The first-order valence-electron chi connectivity index (χ1n) is 4.44. The van der Waals surface area contributed by atoms with Gasteiger partial charge in [-0.3, -0.25) is 0 Å². The Kier molecular flexibility index (Phi) is 5.05. The van der Waals surface area contributed by atoms with Gasteiger partial charge in [-0.1, -0.05) is 0 Å². The third-order valence-corrected chi connectivity index (χ3v) is 7.30. The number of rotatable bonds is 3. The van der Waals surface area contributed by atoms with Gasteiger partial charge in [0.15, 0.2) is 0 Å². The third-order valence-electron chi connectivity index (χ3n) is 2.22. The van der Waals surface area contributed by atoms with Crippen molar-refractivity contribution in [2.75, 3.05) is 0 Å². The molecular weight excluding hydrogens is 376 g/mol. The Morgan fingerprint density at radius 2 is 2.08 bits per heavy atom. The molecule has 1 aliphatic rings. The van der Waals surface area contributed by atoms with Gasteiger partial charge in [0.25, 0.3) is 0 Å². The van der Waals surface area contributed by atoms with E-state index in [-0.39, 0.29) is 0 Å². The molecule has 0 bridgehead atoms. The van der Waals surface area contributed by atoms with Crippen molar-refractivity contribution in [3.8, 4) is 0 Å². The van der Waals surface area contributed by atoms with Gasteiger partial charge in [0.05, 0.1) is 0 Å². The second-order valence-electron chi connectivity index (χ2n) is 3.28. The van der Waals surface area contributed by atoms with Crippen LogP contribution in [0.2, 0.25) is 0 Å². The molecule has 69 valence electrons. The first-order valence-corrected chi connectivity index (χ1v) is 8.57. The maximum atomic E-state index is 2.32. The molecule has 0 fully saturated rings. The van der Waals surface area contributed by atoms with Gasteiger partial charge in [-0.15, -0.1) is 0 Å². The van der Waals surface area contributed by atoms with E-state index in [0.717, 1.165) is 0 Å². The third kappa shape index (κ3) is 3.76. The van der Waals surface area contributed by atoms with Crippen molar-refractivity contribution >= 4 is 47.6 Å². The van der Waals surface area contributed by atoms with Crippen molar-refractivity contribution in [1.82, 2.24) is 0 Å². The van der Waals surface area contributed by atoms with E-state index in [4.69, 9.17) is 0 Å². The molecule has 0 heterocycles. The molecule has 13 heavy (non-hydrogen) atoms. The Hall–Kier alpha value is 0.726. The average molecular weight is 391 g/mol. The molecule has 0 unspecified atom stereocenters. The van der Waals surface area contributed by atoms with Crippen molar-refractivity contribution in [1.29, 1.82) is 0 Å². The van der Waals surface area contributed by atoms with E-state index in [1.807, 2.05) is 22.5 Å². The van der Waals surface area contributed by atoms with E-state index in [1.54, 1.807) is 12.6 Å². The summed E-state index contributed by atoms with van der Waals surface area (Å²) in [5.41, 5.74) is 1.56. The molecule has 0 aromatic rings. The number of hydrogen-bond donors (Lipinski definition) is 0. The van der Waals surface area contributed by atoms with E-state index in [1.165, 1.54) is 9.87 Å². The Balaban J connectivity index is 2.63. The van der Waals surface area contributed by atoms with Crippen LogP contribution in [0.1, 0.15) is 27.2 Å². The molecule has 0 aromatic heterocycles. The summed E-state index contributed by atoms with van der Waals surface area (Å²) >= 11 is 1.46. The van der Waals surface area contributed by atoms with Crippen LogP contribution in [0.15, 0.2) is 30.8 Å². The zero-order valence-corrected chi connectivity index (χ0v) is 13.8. The standard InChI is InChI=1S/C6H9.C5H5.2Sb.H/c1-4-6(3)5-2;1-2-4-5-3-1;;;/h1-3H3;1-3H,4H2;;;. The molecule has 0 aromatic carbocycles. The zero-order valence-electron chi connectivity index (χ0n) is 8.39. The van der Waals surface area contributed by atoms with Crippen LogP contribution in [0.3, 0.4) is 0 Å². The second-order valence-corrected chi connectivity index (χ2v) is 9.89. The van der Waals surface area contributed by atoms with Gasteiger partial charge in [0.1, 0.15) is 0 Å². The van der Waals surface area contributed by atoms with Crippen LogP contribution < -0.4 is 0 Å². The van der Waals surface area contributed by atoms with E-state index >= 15 is 0 Å². The summed E-state index contributed by atoms with van der Waals surface area (Å²) in [5.74, 6) is 0. The Morgan fingerprint density at radius 3 is 2.54 bits per heavy atom. The zero-order chi connectivity index (χ0) is 9.84. The summed E-state index contributed by atoms with van der Waals surface area (Å²) in [7, 11) is 0. The number of allylic oxidation sites excluding steroid dienone is 6. The minimum absolute atomic E-state index is 0.396. The van der Waals surface area contributed by atoms with Crippen LogP contribution in [0.5, 0.6) is 0 Å². The van der Waals surface area contributed by atoms with Crippen molar-refractivity contribution < 1.29 is 0 Å². The normalized spacial score (nSPS) is 17.0. The van der Waals surface area contributed by atoms with Gasteiger partial charge < -0.3 is 0 Å². The molecule has 0 spiro atoms. The van der Waals surface area contributed by atoms with Gasteiger partial charge >= 0.3 is 106 Å². The van der Waals surface area contributed by atoms with Crippen LogP contribution in [0.4, 0.5) is 0 Å². The molecule has 2 heteroatoms. The van der Waals surface area contributed by atoms with Crippen molar-refractivity contribution in [2.45, 2.75) is 27.2 Å². The molecule has 0 saturated heterocycles. The van der Waals surface area contributed by atoms with Crippen LogP contribution in [0, 0.1) is 0 Å². The Morgan fingerprint density at radius 1 is 1.38 bits per heavy atom. The van der Waals surface area contributed by atoms with Crippen molar-refractivity contribution in [3.63, 3.8) is 0 Å². The first kappa shape index (κ1) is 11.8. The summed E-state index contributed by atoms with van der Waals surface area (Å²) in [4.78, 5) is 0. The summed E-state index contributed by atoms with van der Waals surface area (Å²) in [6.45, 7) is 6.82. The fraction of sp³-hybridized carbons (Fsp3) is 0.364. The molecule has 0 aliphatic heterocycles. The molecule has 1 rings (SSSR count). The topological polar surface area (TPSA) is 0 Å². The van der Waals surface area contributed by atoms with Gasteiger partial charge in [-0.25, -0.2) is 0 Å². The second kappa shape index (κ2) is 5.57. The van der Waals surface area contributed by atoms with Gasteiger partial charge in [-0.05, 0) is 0 Å². The summed E-state index contributed by atoms with van der Waals surface area (Å²) < 4.78 is 4.93. The first-order chi connectivity index (χ1) is 6.11. The molecule has 0 N–H and O–H groups in total.